The first-order chi connectivity index (χ1) is 9.90. The molecule has 0 spiro atoms. The molecule has 1 unspecified atom stereocenters. The Morgan fingerprint density at radius 3 is 2.62 bits per heavy atom. The molecule has 21 heavy (non-hydrogen) atoms. The monoisotopic (exact) mass is 291 g/mol. The van der Waals surface area contributed by atoms with Crippen molar-refractivity contribution in [3.05, 3.63) is 29.3 Å². The summed E-state index contributed by atoms with van der Waals surface area (Å²) in [6.07, 6.45) is 4.70. The summed E-state index contributed by atoms with van der Waals surface area (Å²) in [6.45, 7) is 5.63. The lowest BCUT2D eigenvalue weighted by Crippen LogP contribution is -2.56. The van der Waals surface area contributed by atoms with Gasteiger partial charge in [0.15, 0.2) is 0 Å². The van der Waals surface area contributed by atoms with Crippen LogP contribution in [0.15, 0.2) is 18.2 Å². The van der Waals surface area contributed by atoms with Crippen LogP contribution in [0.25, 0.3) is 0 Å². The highest BCUT2D eigenvalue weighted by atomic mass is 16.5. The number of benzene rings is 1. The zero-order chi connectivity index (χ0) is 15.5. The van der Waals surface area contributed by atoms with E-state index in [0.717, 1.165) is 18.6 Å². The molecular weight excluding hydrogens is 266 g/mol. The van der Waals surface area contributed by atoms with E-state index in [-0.39, 0.29) is 12.6 Å². The maximum absolute atomic E-state index is 11.5. The number of aliphatic carboxylic acids is 1. The molecule has 0 heterocycles. The third-order valence-electron chi connectivity index (χ3n) is 3.93. The molecule has 0 bridgehead atoms. The van der Waals surface area contributed by atoms with Crippen molar-refractivity contribution in [1.29, 1.82) is 0 Å². The third-order valence-corrected chi connectivity index (χ3v) is 3.93. The largest absolute Gasteiger partial charge is 0.491 e. The van der Waals surface area contributed by atoms with Gasteiger partial charge in [0.1, 0.15) is 17.9 Å². The Morgan fingerprint density at radius 1 is 1.33 bits per heavy atom. The van der Waals surface area contributed by atoms with Crippen molar-refractivity contribution in [3.8, 4) is 5.75 Å². The highest BCUT2D eigenvalue weighted by Gasteiger charge is 2.34. The molecule has 1 aromatic carbocycles. The molecule has 0 fully saturated rings. The van der Waals surface area contributed by atoms with Crippen molar-refractivity contribution in [3.63, 3.8) is 0 Å². The normalized spacial score (nSPS) is 17.1. The van der Waals surface area contributed by atoms with Crippen molar-refractivity contribution in [2.75, 3.05) is 6.61 Å². The molecule has 1 aliphatic carbocycles. The number of rotatable bonds is 6. The van der Waals surface area contributed by atoms with Crippen molar-refractivity contribution in [2.45, 2.75) is 58.0 Å². The van der Waals surface area contributed by atoms with Crippen LogP contribution in [0.4, 0.5) is 0 Å². The Balaban J connectivity index is 2.05. The number of carboxylic acids is 1. The molecule has 0 radical (unpaired) electrons. The molecule has 0 saturated heterocycles. The second kappa shape index (κ2) is 6.48. The van der Waals surface area contributed by atoms with Crippen molar-refractivity contribution in [2.24, 2.45) is 0 Å². The standard InChI is InChI=1S/C17H25NO3/c1-12(2)18-17(3,16(19)20)11-21-15-9-8-13-6-4-5-7-14(13)10-15/h8-10,12,18H,4-7,11H2,1-3H3,(H,19,20). The number of hydrogen-bond donors (Lipinski definition) is 2. The molecule has 116 valence electrons. The van der Waals surface area contributed by atoms with E-state index in [1.165, 1.54) is 24.0 Å². The Hall–Kier alpha value is -1.55. The van der Waals surface area contributed by atoms with E-state index in [0.29, 0.717) is 0 Å². The lowest BCUT2D eigenvalue weighted by atomic mass is 9.92. The van der Waals surface area contributed by atoms with Gasteiger partial charge in [-0.15, -0.1) is 0 Å². The van der Waals surface area contributed by atoms with E-state index in [2.05, 4.69) is 17.4 Å². The van der Waals surface area contributed by atoms with Crippen LogP contribution >= 0.6 is 0 Å². The zero-order valence-electron chi connectivity index (χ0n) is 13.1. The Morgan fingerprint density at radius 2 is 2.00 bits per heavy atom. The third kappa shape index (κ3) is 3.97. The van der Waals surface area contributed by atoms with Gasteiger partial charge in [0.25, 0.3) is 0 Å². The quantitative estimate of drug-likeness (QED) is 0.846. The highest BCUT2D eigenvalue weighted by molar-refractivity contribution is 5.78. The van der Waals surface area contributed by atoms with Gasteiger partial charge in [-0.3, -0.25) is 10.1 Å². The Bertz CT molecular complexity index is 513. The molecular formula is C17H25NO3. The van der Waals surface area contributed by atoms with Crippen LogP contribution in [0.2, 0.25) is 0 Å². The molecule has 1 aliphatic rings. The van der Waals surface area contributed by atoms with Gasteiger partial charge in [-0.25, -0.2) is 0 Å². The number of carbonyl (C=O) groups is 1. The second-order valence-electron chi connectivity index (χ2n) is 6.36. The number of ether oxygens (including phenoxy) is 1. The van der Waals surface area contributed by atoms with Crippen LogP contribution in [-0.4, -0.2) is 29.3 Å². The van der Waals surface area contributed by atoms with E-state index in [4.69, 9.17) is 4.74 Å². The molecule has 1 atom stereocenters. The van der Waals surface area contributed by atoms with Gasteiger partial charge in [-0.05, 0) is 69.7 Å². The summed E-state index contributed by atoms with van der Waals surface area (Å²) in [5.41, 5.74) is 1.66. The van der Waals surface area contributed by atoms with E-state index in [1.807, 2.05) is 19.9 Å². The lowest BCUT2D eigenvalue weighted by Gasteiger charge is -2.28. The summed E-state index contributed by atoms with van der Waals surface area (Å²) in [7, 11) is 0. The second-order valence-corrected chi connectivity index (χ2v) is 6.36. The summed E-state index contributed by atoms with van der Waals surface area (Å²) >= 11 is 0. The minimum atomic E-state index is -1.08. The highest BCUT2D eigenvalue weighted by Crippen LogP contribution is 2.25. The van der Waals surface area contributed by atoms with Gasteiger partial charge in [0.05, 0.1) is 0 Å². The maximum Gasteiger partial charge on any atom is 0.327 e. The van der Waals surface area contributed by atoms with Gasteiger partial charge < -0.3 is 9.84 Å². The summed E-state index contributed by atoms with van der Waals surface area (Å²) in [5.74, 6) is -0.136. The van der Waals surface area contributed by atoms with Crippen LogP contribution in [0, 0.1) is 0 Å². The topological polar surface area (TPSA) is 58.6 Å². The van der Waals surface area contributed by atoms with Gasteiger partial charge in [-0.1, -0.05) is 6.07 Å². The number of fused-ring (bicyclic) bond motifs is 1. The van der Waals surface area contributed by atoms with Gasteiger partial charge in [-0.2, -0.15) is 0 Å². The average Bonchev–Trinajstić information content (AvgIpc) is 2.44. The molecule has 0 aliphatic heterocycles. The molecule has 0 saturated carbocycles. The SMILES string of the molecule is CC(C)NC(C)(COc1ccc2c(c1)CCCC2)C(=O)O. The summed E-state index contributed by atoms with van der Waals surface area (Å²) in [4.78, 5) is 11.5. The smallest absolute Gasteiger partial charge is 0.327 e. The minimum Gasteiger partial charge on any atom is -0.491 e. The van der Waals surface area contributed by atoms with Gasteiger partial charge >= 0.3 is 5.97 Å². The Labute approximate surface area is 126 Å². The van der Waals surface area contributed by atoms with E-state index in [1.54, 1.807) is 6.92 Å². The number of aryl methyl sites for hydroxylation is 2. The van der Waals surface area contributed by atoms with Gasteiger partial charge in [0.2, 0.25) is 0 Å². The van der Waals surface area contributed by atoms with E-state index >= 15 is 0 Å². The molecule has 2 rings (SSSR count). The van der Waals surface area contributed by atoms with Gasteiger partial charge in [0, 0.05) is 6.04 Å². The van der Waals surface area contributed by atoms with Crippen LogP contribution in [0.3, 0.4) is 0 Å². The molecule has 0 amide bonds. The number of hydrogen-bond acceptors (Lipinski definition) is 3. The first-order valence-electron chi connectivity index (χ1n) is 7.66. The van der Waals surface area contributed by atoms with Crippen molar-refractivity contribution >= 4 is 5.97 Å². The number of nitrogens with one attached hydrogen (secondary N) is 1. The summed E-state index contributed by atoms with van der Waals surface area (Å²) in [5, 5.41) is 12.5. The molecule has 2 N–H and O–H groups in total. The zero-order valence-corrected chi connectivity index (χ0v) is 13.1. The molecule has 0 aromatic heterocycles. The predicted molar refractivity (Wildman–Crippen MR) is 82.9 cm³/mol. The number of carboxylic acid groups (broad SMARTS) is 1. The summed E-state index contributed by atoms with van der Waals surface area (Å²) < 4.78 is 5.76. The fourth-order valence-electron chi connectivity index (χ4n) is 2.83. The maximum atomic E-state index is 11.5. The summed E-state index contributed by atoms with van der Waals surface area (Å²) in [6, 6.07) is 6.20. The Kier molecular flexibility index (Phi) is 4.88. The van der Waals surface area contributed by atoms with E-state index < -0.39 is 11.5 Å². The first kappa shape index (κ1) is 15.8. The minimum absolute atomic E-state index is 0.0817. The average molecular weight is 291 g/mol. The van der Waals surface area contributed by atoms with E-state index in [9.17, 15) is 9.90 Å². The fraction of sp³-hybridized carbons (Fsp3) is 0.588. The lowest BCUT2D eigenvalue weighted by molar-refractivity contribution is -0.145. The van der Waals surface area contributed by atoms with Crippen molar-refractivity contribution < 1.29 is 14.6 Å². The molecule has 4 heteroatoms. The molecule has 1 aromatic rings. The first-order valence-corrected chi connectivity index (χ1v) is 7.66. The van der Waals surface area contributed by atoms with Crippen molar-refractivity contribution in [1.82, 2.24) is 5.32 Å². The van der Waals surface area contributed by atoms with Crippen LogP contribution in [0.1, 0.15) is 44.7 Å². The van der Waals surface area contributed by atoms with Crippen LogP contribution in [-0.2, 0) is 17.6 Å². The fourth-order valence-corrected chi connectivity index (χ4v) is 2.83. The van der Waals surface area contributed by atoms with Crippen LogP contribution in [0.5, 0.6) is 5.75 Å². The predicted octanol–water partition coefficient (Wildman–Crippen LogP) is 2.79. The molecule has 4 nitrogen and oxygen atoms in total. The van der Waals surface area contributed by atoms with Crippen LogP contribution < -0.4 is 10.1 Å².